The van der Waals surface area contributed by atoms with Crippen LogP contribution in [-0.4, -0.2) is 18.0 Å². The Balaban J connectivity index is 0.000000180. The van der Waals surface area contributed by atoms with E-state index in [1.807, 2.05) is 43.1 Å². The molecule has 0 N–H and O–H groups in total. The number of hydrogen-bond donors (Lipinski definition) is 0. The van der Waals surface area contributed by atoms with E-state index in [0.717, 1.165) is 35.4 Å². The van der Waals surface area contributed by atoms with Crippen LogP contribution >= 0.6 is 0 Å². The molecule has 1 aliphatic rings. The molecule has 4 aromatic rings. The number of benzene rings is 2. The molecule has 0 fully saturated rings. The van der Waals surface area contributed by atoms with Gasteiger partial charge >= 0.3 is 0 Å². The molecule has 1 aliphatic carbocycles. The minimum absolute atomic E-state index is 0.178. The molecule has 0 saturated heterocycles. The van der Waals surface area contributed by atoms with Gasteiger partial charge in [-0.05, 0) is 37.5 Å². The van der Waals surface area contributed by atoms with Crippen LogP contribution in [0.15, 0.2) is 82.4 Å². The van der Waals surface area contributed by atoms with Crippen molar-refractivity contribution in [1.29, 1.82) is 0 Å². The van der Waals surface area contributed by atoms with Crippen molar-refractivity contribution < 1.29 is 22.0 Å². The first kappa shape index (κ1) is 21.0. The van der Waals surface area contributed by atoms with Gasteiger partial charge in [-0.15, -0.1) is 0 Å². The van der Waals surface area contributed by atoms with Crippen molar-refractivity contribution in [2.45, 2.75) is 24.7 Å². The van der Waals surface area contributed by atoms with Crippen LogP contribution in [0.3, 0.4) is 0 Å². The van der Waals surface area contributed by atoms with Gasteiger partial charge in [0, 0.05) is 23.3 Å². The van der Waals surface area contributed by atoms with Gasteiger partial charge in [0.15, 0.2) is 18.2 Å². The first-order chi connectivity index (χ1) is 14.8. The molecule has 0 aliphatic heterocycles. The Bertz CT molecular complexity index is 1310. The maximum atomic E-state index is 10.4. The Hall–Kier alpha value is -3.29. The molecule has 5 rings (SSSR count). The lowest BCUT2D eigenvalue weighted by Gasteiger charge is -2.12. The molecule has 0 unspecified atom stereocenters. The number of hydrogen-bond acceptors (Lipinski definition) is 5. The molecule has 2 heterocycles. The number of nitrogens with zero attached hydrogens (tertiary/aromatic N) is 2. The molecular weight excluding hydrogens is 412 g/mol. The van der Waals surface area contributed by atoms with Crippen molar-refractivity contribution in [3.05, 3.63) is 89.9 Å². The van der Waals surface area contributed by atoms with E-state index in [0.29, 0.717) is 5.89 Å². The van der Waals surface area contributed by atoms with Gasteiger partial charge in [-0.25, -0.2) is 18.0 Å². The fourth-order valence-corrected chi connectivity index (χ4v) is 3.89. The van der Waals surface area contributed by atoms with Gasteiger partial charge in [-0.1, -0.05) is 42.0 Å². The molecule has 0 saturated carbocycles. The Kier molecular flexibility index (Phi) is 5.71. The van der Waals surface area contributed by atoms with E-state index >= 15 is 0 Å². The van der Waals surface area contributed by atoms with Crippen LogP contribution in [0.4, 0.5) is 0 Å². The predicted molar refractivity (Wildman–Crippen MR) is 115 cm³/mol. The van der Waals surface area contributed by atoms with Gasteiger partial charge in [0.2, 0.25) is 5.89 Å². The first-order valence-electron chi connectivity index (χ1n) is 9.87. The number of fused-ring (bicyclic) bond motifs is 3. The first-order valence-corrected chi connectivity index (χ1v) is 11.3. The Morgan fingerprint density at radius 2 is 1.65 bits per heavy atom. The summed E-state index contributed by atoms with van der Waals surface area (Å²) >= 11 is 0. The van der Waals surface area contributed by atoms with Crippen LogP contribution in [0.5, 0.6) is 0 Å². The summed E-state index contributed by atoms with van der Waals surface area (Å²) in [6.45, 7) is 1.82. The lowest BCUT2D eigenvalue weighted by atomic mass is 9.93. The van der Waals surface area contributed by atoms with Crippen molar-refractivity contribution in [3.63, 3.8) is 0 Å². The largest absolute Gasteiger partial charge is 0.744 e. The van der Waals surface area contributed by atoms with Crippen molar-refractivity contribution in [2.24, 2.45) is 7.05 Å². The second-order valence-electron chi connectivity index (χ2n) is 7.47. The topological polar surface area (TPSA) is 87.1 Å². The summed E-state index contributed by atoms with van der Waals surface area (Å²) in [5.41, 5.74) is 5.57. The Morgan fingerprint density at radius 1 is 0.968 bits per heavy atom. The molecule has 158 valence electrons. The average Bonchev–Trinajstić information content (AvgIpc) is 3.19. The molecule has 0 spiro atoms. The zero-order chi connectivity index (χ0) is 22.0. The number of pyridine rings is 1. The third-order valence-electron chi connectivity index (χ3n) is 5.13. The van der Waals surface area contributed by atoms with Gasteiger partial charge in [0.25, 0.3) is 0 Å². The van der Waals surface area contributed by atoms with Gasteiger partial charge in [0.1, 0.15) is 17.2 Å². The van der Waals surface area contributed by atoms with Gasteiger partial charge in [-0.2, -0.15) is 0 Å². The second kappa shape index (κ2) is 8.45. The molecular formula is C24H22N2O4S. The molecule has 31 heavy (non-hydrogen) atoms. The lowest BCUT2D eigenvalue weighted by molar-refractivity contribution is -0.671. The third kappa shape index (κ3) is 4.73. The fourth-order valence-electron chi connectivity index (χ4n) is 3.42. The lowest BCUT2D eigenvalue weighted by Crippen LogP contribution is -2.25. The number of rotatable bonds is 2. The highest BCUT2D eigenvalue weighted by molar-refractivity contribution is 7.85. The third-order valence-corrected chi connectivity index (χ3v) is 5.98. The summed E-state index contributed by atoms with van der Waals surface area (Å²) in [7, 11) is -2.27. The van der Waals surface area contributed by atoms with E-state index < -0.39 is 10.1 Å². The van der Waals surface area contributed by atoms with Crippen LogP contribution in [-0.2, 0) is 30.0 Å². The highest BCUT2D eigenvalue weighted by Gasteiger charge is 2.22. The van der Waals surface area contributed by atoms with Gasteiger partial charge in [0.05, 0.1) is 10.6 Å². The molecule has 6 nitrogen and oxygen atoms in total. The zero-order valence-corrected chi connectivity index (χ0v) is 18.1. The molecule has 0 amide bonds. The van der Waals surface area contributed by atoms with E-state index in [1.165, 1.54) is 23.3 Å². The average molecular weight is 435 g/mol. The van der Waals surface area contributed by atoms with Crippen molar-refractivity contribution >= 4 is 10.1 Å². The minimum atomic E-state index is -4.27. The van der Waals surface area contributed by atoms with E-state index in [2.05, 4.69) is 29.2 Å². The van der Waals surface area contributed by atoms with E-state index in [-0.39, 0.29) is 4.90 Å². The van der Waals surface area contributed by atoms with Crippen LogP contribution in [0.1, 0.15) is 16.8 Å². The van der Waals surface area contributed by atoms with Crippen molar-refractivity contribution in [1.82, 2.24) is 4.98 Å². The van der Waals surface area contributed by atoms with Gasteiger partial charge in [-0.3, -0.25) is 0 Å². The molecule has 0 radical (unpaired) electrons. The standard InChI is InChI=1S/C17H15N2O.C7H8O3S/c1-19-10-8-13(9-11-19)17-18-15-7-6-12-4-2-3-5-14(12)16(15)20-17;1-6-2-4-7(5-3-6)11(8,9)10/h2-5,8-11H,6-7H2,1H3;2-5H,1H3,(H,8,9,10)/q+1;/p-1. The van der Waals surface area contributed by atoms with Crippen LogP contribution in [0, 0.1) is 6.92 Å². The molecule has 0 atom stereocenters. The maximum Gasteiger partial charge on any atom is 0.227 e. The fraction of sp³-hybridized carbons (Fsp3) is 0.167. The second-order valence-corrected chi connectivity index (χ2v) is 8.85. The minimum Gasteiger partial charge on any atom is -0.744 e. The summed E-state index contributed by atoms with van der Waals surface area (Å²) in [5, 5.41) is 0. The molecule has 0 bridgehead atoms. The summed E-state index contributed by atoms with van der Waals surface area (Å²) in [4.78, 5) is 4.50. The monoisotopic (exact) mass is 434 g/mol. The normalized spacial score (nSPS) is 12.4. The van der Waals surface area contributed by atoms with Crippen LogP contribution in [0.25, 0.3) is 22.8 Å². The van der Waals surface area contributed by atoms with Crippen LogP contribution < -0.4 is 4.57 Å². The quantitative estimate of drug-likeness (QED) is 0.353. The van der Waals surface area contributed by atoms with E-state index in [9.17, 15) is 13.0 Å². The van der Waals surface area contributed by atoms with Gasteiger partial charge < -0.3 is 8.97 Å². The van der Waals surface area contributed by atoms with Crippen molar-refractivity contribution in [3.8, 4) is 22.8 Å². The Labute approximate surface area is 181 Å². The highest BCUT2D eigenvalue weighted by atomic mass is 32.2. The molecule has 2 aromatic heterocycles. The van der Waals surface area contributed by atoms with E-state index in [4.69, 9.17) is 4.42 Å². The molecule has 2 aromatic carbocycles. The number of aromatic nitrogens is 2. The highest BCUT2D eigenvalue weighted by Crippen LogP contribution is 2.36. The van der Waals surface area contributed by atoms with Crippen molar-refractivity contribution in [2.75, 3.05) is 0 Å². The summed E-state index contributed by atoms with van der Waals surface area (Å²) in [6, 6.07) is 18.3. The van der Waals surface area contributed by atoms with Crippen LogP contribution in [0.2, 0.25) is 0 Å². The Morgan fingerprint density at radius 3 is 2.32 bits per heavy atom. The summed E-state index contributed by atoms with van der Waals surface area (Å²) in [5.74, 6) is 1.65. The predicted octanol–water partition coefficient (Wildman–Crippen LogP) is 3.83. The number of oxazole rings is 1. The zero-order valence-electron chi connectivity index (χ0n) is 17.3. The SMILES string of the molecule is C[n+]1ccc(-c2nc3c(o2)-c2ccccc2CC3)cc1.Cc1ccc(S(=O)(=O)[O-])cc1. The maximum absolute atomic E-state index is 10.4. The smallest absolute Gasteiger partial charge is 0.227 e. The molecule has 7 heteroatoms. The number of aryl methyl sites for hydroxylation is 4. The summed E-state index contributed by atoms with van der Waals surface area (Å²) < 4.78 is 39.2. The van der Waals surface area contributed by atoms with E-state index in [1.54, 1.807) is 12.1 Å². The summed E-state index contributed by atoms with van der Waals surface area (Å²) in [6.07, 6.45) is 6.01.